The number of nitrogens with one attached hydrogen (secondary N) is 1. The van der Waals surface area contributed by atoms with Gasteiger partial charge in [0.15, 0.2) is 6.61 Å². The van der Waals surface area contributed by atoms with Crippen LogP contribution >= 0.6 is 0 Å². The van der Waals surface area contributed by atoms with Gasteiger partial charge in [-0.15, -0.1) is 4.40 Å². The van der Waals surface area contributed by atoms with Gasteiger partial charge in [0.1, 0.15) is 5.84 Å². The third-order valence-electron chi connectivity index (χ3n) is 4.88. The van der Waals surface area contributed by atoms with E-state index in [-0.39, 0.29) is 28.6 Å². The van der Waals surface area contributed by atoms with E-state index in [2.05, 4.69) is 9.71 Å². The molecule has 2 aliphatic heterocycles. The zero-order valence-electron chi connectivity index (χ0n) is 18.1. The number of benzene rings is 1. The van der Waals surface area contributed by atoms with Crippen molar-refractivity contribution in [2.24, 2.45) is 4.40 Å². The molecule has 0 radical (unpaired) electrons. The molecule has 3 rings (SSSR count). The quantitative estimate of drug-likeness (QED) is 0.518. The number of anilines is 1. The van der Waals surface area contributed by atoms with Crippen LogP contribution in [0.15, 0.2) is 57.5 Å². The number of hydrogen-bond acceptors (Lipinski definition) is 8. The van der Waals surface area contributed by atoms with Crippen LogP contribution in [0.5, 0.6) is 0 Å². The van der Waals surface area contributed by atoms with Crippen molar-refractivity contribution < 1.29 is 31.2 Å². The molecule has 0 spiro atoms. The first kappa shape index (κ1) is 24.6. The molecule has 1 aromatic rings. The molecule has 0 aromatic heterocycles. The molecule has 11 nitrogen and oxygen atoms in total. The molecule has 1 aromatic carbocycles. The fourth-order valence-electron chi connectivity index (χ4n) is 3.16. The highest BCUT2D eigenvalue weighted by molar-refractivity contribution is 7.90. The molecule has 0 bridgehead atoms. The first-order chi connectivity index (χ1) is 15.6. The van der Waals surface area contributed by atoms with E-state index in [1.807, 2.05) is 0 Å². The normalized spacial score (nSPS) is 17.1. The van der Waals surface area contributed by atoms with Gasteiger partial charge < -0.3 is 15.0 Å². The van der Waals surface area contributed by atoms with Gasteiger partial charge >= 0.3 is 5.97 Å². The highest BCUT2D eigenvalue weighted by Gasteiger charge is 2.26. The summed E-state index contributed by atoms with van der Waals surface area (Å²) in [6.07, 6.45) is 4.18. The van der Waals surface area contributed by atoms with Crippen molar-refractivity contribution in [3.05, 3.63) is 48.2 Å². The lowest BCUT2D eigenvalue weighted by atomic mass is 10.2. The predicted octanol–water partition coefficient (Wildman–Crippen LogP) is 0.696. The van der Waals surface area contributed by atoms with Crippen molar-refractivity contribution >= 4 is 43.4 Å². The molecule has 33 heavy (non-hydrogen) atoms. The maximum Gasteiger partial charge on any atom is 0.340 e. The van der Waals surface area contributed by atoms with Crippen molar-refractivity contribution in [2.75, 3.05) is 37.3 Å². The number of nitrogens with zero attached hydrogens (tertiary/aromatic N) is 3. The van der Waals surface area contributed by atoms with E-state index in [9.17, 15) is 26.4 Å². The van der Waals surface area contributed by atoms with E-state index in [1.54, 1.807) is 13.8 Å². The molecule has 0 saturated carbocycles. The highest BCUT2D eigenvalue weighted by atomic mass is 32.2. The molecule has 0 aliphatic carbocycles. The van der Waals surface area contributed by atoms with Gasteiger partial charge in [0, 0.05) is 31.5 Å². The molecule has 0 atom stereocenters. The molecular weight excluding hydrogens is 472 g/mol. The first-order valence-electron chi connectivity index (χ1n) is 10.1. The van der Waals surface area contributed by atoms with Crippen molar-refractivity contribution in [1.29, 1.82) is 0 Å². The second-order valence-electron chi connectivity index (χ2n) is 7.08. The van der Waals surface area contributed by atoms with Crippen LogP contribution in [-0.4, -0.2) is 75.7 Å². The number of fused-ring (bicyclic) bond motifs is 1. The Bertz CT molecular complexity index is 1230. The molecule has 0 saturated heterocycles. The van der Waals surface area contributed by atoms with Crippen LogP contribution in [0.3, 0.4) is 0 Å². The minimum absolute atomic E-state index is 0.111. The number of amides is 1. The summed E-state index contributed by atoms with van der Waals surface area (Å²) in [4.78, 5) is 26.0. The molecule has 13 heteroatoms. The third-order valence-corrected chi connectivity index (χ3v) is 8.10. The summed E-state index contributed by atoms with van der Waals surface area (Å²) in [5.41, 5.74) is 0.494. The number of carbonyl (C=O) groups is 2. The average molecular weight is 497 g/mol. The van der Waals surface area contributed by atoms with Crippen molar-refractivity contribution in [1.82, 2.24) is 9.21 Å². The number of esters is 1. The van der Waals surface area contributed by atoms with Gasteiger partial charge in [-0.25, -0.2) is 21.6 Å². The summed E-state index contributed by atoms with van der Waals surface area (Å²) >= 11 is 0. The van der Waals surface area contributed by atoms with Crippen LogP contribution in [0.4, 0.5) is 5.69 Å². The van der Waals surface area contributed by atoms with E-state index < -0.39 is 38.5 Å². The van der Waals surface area contributed by atoms with Gasteiger partial charge in [0.2, 0.25) is 10.0 Å². The van der Waals surface area contributed by atoms with E-state index in [4.69, 9.17) is 4.74 Å². The second kappa shape index (κ2) is 9.85. The fraction of sp³-hybridized carbons (Fsp3) is 0.350. The monoisotopic (exact) mass is 496 g/mol. The Morgan fingerprint density at radius 1 is 1.15 bits per heavy atom. The summed E-state index contributed by atoms with van der Waals surface area (Å²) in [7, 11) is -7.10. The number of ether oxygens (including phenoxy) is 1. The fourth-order valence-corrected chi connectivity index (χ4v) is 5.58. The lowest BCUT2D eigenvalue weighted by molar-refractivity contribution is -0.143. The van der Waals surface area contributed by atoms with Crippen LogP contribution in [-0.2, 0) is 34.4 Å². The van der Waals surface area contributed by atoms with Crippen LogP contribution in [0.25, 0.3) is 0 Å². The number of amidine groups is 1. The van der Waals surface area contributed by atoms with Crippen molar-refractivity contribution in [3.63, 3.8) is 0 Å². The number of sulfonamides is 2. The Kier molecular flexibility index (Phi) is 7.34. The molecule has 1 amide bonds. The minimum Gasteiger partial charge on any atom is -0.452 e. The highest BCUT2D eigenvalue weighted by Crippen LogP contribution is 2.19. The zero-order valence-corrected chi connectivity index (χ0v) is 19.7. The summed E-state index contributed by atoms with van der Waals surface area (Å²) < 4.78 is 58.0. The Balaban J connectivity index is 1.55. The SMILES string of the molecule is CCN(CC)S(=O)(=O)c1ccc(NC(=O)COC(=O)C2=CN3CCS(=O)(=O)N=C3C=C2)cc1. The van der Waals surface area contributed by atoms with Crippen LogP contribution < -0.4 is 5.32 Å². The molecule has 1 N–H and O–H groups in total. The third kappa shape index (κ3) is 5.86. The maximum absolute atomic E-state index is 12.5. The Morgan fingerprint density at radius 2 is 1.82 bits per heavy atom. The van der Waals surface area contributed by atoms with Gasteiger partial charge in [0.25, 0.3) is 15.9 Å². The molecule has 2 heterocycles. The minimum atomic E-state index is -3.60. The maximum atomic E-state index is 12.5. The van der Waals surface area contributed by atoms with Gasteiger partial charge in [0.05, 0.1) is 16.2 Å². The van der Waals surface area contributed by atoms with Crippen LogP contribution in [0.1, 0.15) is 13.8 Å². The van der Waals surface area contributed by atoms with Gasteiger partial charge in [-0.05, 0) is 36.4 Å². The van der Waals surface area contributed by atoms with Crippen molar-refractivity contribution in [3.8, 4) is 0 Å². The lowest BCUT2D eigenvalue weighted by Gasteiger charge is -2.26. The Labute approximate surface area is 192 Å². The lowest BCUT2D eigenvalue weighted by Crippen LogP contribution is -2.37. The molecule has 178 valence electrons. The second-order valence-corrected chi connectivity index (χ2v) is 10.8. The topological polar surface area (TPSA) is 143 Å². The number of hydrogen-bond donors (Lipinski definition) is 1. The molecule has 0 fully saturated rings. The molecule has 0 unspecified atom stereocenters. The molecule has 2 aliphatic rings. The van der Waals surface area contributed by atoms with E-state index in [1.165, 1.54) is 51.8 Å². The average Bonchev–Trinajstić information content (AvgIpc) is 2.77. The van der Waals surface area contributed by atoms with Gasteiger partial charge in [-0.3, -0.25) is 4.79 Å². The predicted molar refractivity (Wildman–Crippen MR) is 121 cm³/mol. The summed E-state index contributed by atoms with van der Waals surface area (Å²) in [5, 5.41) is 2.53. The summed E-state index contributed by atoms with van der Waals surface area (Å²) in [5.74, 6) is -1.31. The van der Waals surface area contributed by atoms with Crippen LogP contribution in [0.2, 0.25) is 0 Å². The largest absolute Gasteiger partial charge is 0.452 e. The summed E-state index contributed by atoms with van der Waals surface area (Å²) in [6, 6.07) is 5.69. The van der Waals surface area contributed by atoms with E-state index in [0.29, 0.717) is 18.8 Å². The summed E-state index contributed by atoms with van der Waals surface area (Å²) in [6.45, 7) is 3.79. The Morgan fingerprint density at radius 3 is 2.45 bits per heavy atom. The number of rotatable bonds is 8. The number of carbonyl (C=O) groups excluding carboxylic acids is 2. The van der Waals surface area contributed by atoms with Crippen LogP contribution in [0, 0.1) is 0 Å². The van der Waals surface area contributed by atoms with E-state index in [0.717, 1.165) is 0 Å². The zero-order chi connectivity index (χ0) is 24.2. The van der Waals surface area contributed by atoms with Crippen molar-refractivity contribution in [2.45, 2.75) is 18.7 Å². The standard InChI is InChI=1S/C20H24N4O7S2/c1-3-24(4-2)33(29,30)17-8-6-16(7-9-17)21-19(25)14-31-20(26)15-5-10-18-22-32(27,28)12-11-23(18)13-15/h5-10,13H,3-4,11-12,14H2,1-2H3,(H,21,25). The first-order valence-corrected chi connectivity index (χ1v) is 13.2. The van der Waals surface area contributed by atoms with E-state index >= 15 is 0 Å². The van der Waals surface area contributed by atoms with Gasteiger partial charge in [-0.1, -0.05) is 13.8 Å². The smallest absolute Gasteiger partial charge is 0.340 e. The van der Waals surface area contributed by atoms with Gasteiger partial charge in [-0.2, -0.15) is 4.31 Å². The molecular formula is C20H24N4O7S2. The Hall–Kier alpha value is -3.03.